The van der Waals surface area contributed by atoms with E-state index in [0.717, 1.165) is 16.0 Å². The molecule has 0 bridgehead atoms. The van der Waals surface area contributed by atoms with Crippen LogP contribution in [-0.2, 0) is 19.1 Å². The Balaban J connectivity index is 1.80. The van der Waals surface area contributed by atoms with Crippen molar-refractivity contribution < 1.29 is 28.3 Å². The Hall–Kier alpha value is -4.01. The lowest BCUT2D eigenvalue weighted by Crippen LogP contribution is -2.40. The Morgan fingerprint density at radius 1 is 0.871 bits per heavy atom. The second-order valence-electron chi connectivity index (χ2n) is 6.62. The highest BCUT2D eigenvalue weighted by Gasteiger charge is 2.22. The van der Waals surface area contributed by atoms with Gasteiger partial charge in [0.1, 0.15) is 13.1 Å². The third kappa shape index (κ3) is 5.13. The van der Waals surface area contributed by atoms with Gasteiger partial charge in [-0.2, -0.15) is 0 Å². The van der Waals surface area contributed by atoms with Crippen molar-refractivity contribution in [3.63, 3.8) is 0 Å². The van der Waals surface area contributed by atoms with E-state index in [1.54, 1.807) is 24.3 Å². The third-order valence-corrected chi connectivity index (χ3v) is 4.56. The van der Waals surface area contributed by atoms with Crippen LogP contribution in [0.2, 0.25) is 0 Å². The van der Waals surface area contributed by atoms with Gasteiger partial charge >= 0.3 is 11.9 Å². The summed E-state index contributed by atoms with van der Waals surface area (Å²) >= 11 is 0. The molecule has 9 heteroatoms. The molecule has 0 aliphatic heterocycles. The molecule has 0 saturated heterocycles. The molecule has 0 N–H and O–H groups in total. The summed E-state index contributed by atoms with van der Waals surface area (Å²) in [5.41, 5.74) is 2.75. The normalized spacial score (nSPS) is 10.4. The first-order chi connectivity index (χ1) is 14.9. The average molecular weight is 423 g/mol. The number of nitrogens with zero attached hydrogens (tertiary/aromatic N) is 3. The molecule has 0 aliphatic rings. The molecule has 0 saturated carbocycles. The molecule has 3 rings (SSSR count). The highest BCUT2D eigenvalue weighted by atomic mass is 16.5. The van der Waals surface area contributed by atoms with Gasteiger partial charge in [0.25, 0.3) is 5.91 Å². The topological polar surface area (TPSA) is 112 Å². The highest BCUT2D eigenvalue weighted by molar-refractivity contribution is 5.98. The van der Waals surface area contributed by atoms with Crippen molar-refractivity contribution in [1.29, 1.82) is 0 Å². The fourth-order valence-electron chi connectivity index (χ4n) is 2.84. The van der Waals surface area contributed by atoms with Crippen LogP contribution in [-0.4, -0.2) is 60.3 Å². The zero-order chi connectivity index (χ0) is 22.4. The lowest BCUT2D eigenvalue weighted by atomic mass is 10.1. The molecule has 1 amide bonds. The standard InChI is InChI=1S/C22H21N3O6/c1-14-6-4-5-7-17(14)21-24-23-20(31-21)15-8-10-16(11-9-15)22(28)25(12-18(26)29-2)13-19(27)30-3/h4-11H,12-13H2,1-3H3. The van der Waals surface area contributed by atoms with Crippen LogP contribution in [0.1, 0.15) is 15.9 Å². The van der Waals surface area contributed by atoms with Gasteiger partial charge in [0.15, 0.2) is 0 Å². The molecule has 31 heavy (non-hydrogen) atoms. The van der Waals surface area contributed by atoms with Gasteiger partial charge in [0.2, 0.25) is 11.8 Å². The van der Waals surface area contributed by atoms with E-state index < -0.39 is 17.8 Å². The second kappa shape index (κ2) is 9.66. The van der Waals surface area contributed by atoms with Crippen LogP contribution in [0.15, 0.2) is 52.9 Å². The number of methoxy groups -OCH3 is 2. The Kier molecular flexibility index (Phi) is 6.76. The van der Waals surface area contributed by atoms with Gasteiger partial charge in [-0.1, -0.05) is 18.2 Å². The van der Waals surface area contributed by atoms with E-state index in [0.29, 0.717) is 17.3 Å². The van der Waals surface area contributed by atoms with Crippen LogP contribution in [0.25, 0.3) is 22.9 Å². The lowest BCUT2D eigenvalue weighted by molar-refractivity contribution is -0.144. The maximum atomic E-state index is 12.8. The first-order valence-corrected chi connectivity index (χ1v) is 9.35. The molecule has 0 radical (unpaired) electrons. The molecule has 2 aromatic carbocycles. The zero-order valence-electron chi connectivity index (χ0n) is 17.3. The maximum absolute atomic E-state index is 12.8. The molecule has 0 unspecified atom stereocenters. The molecule has 9 nitrogen and oxygen atoms in total. The molecule has 3 aromatic rings. The quantitative estimate of drug-likeness (QED) is 0.533. The minimum Gasteiger partial charge on any atom is -0.468 e. The molecule has 0 aliphatic carbocycles. The second-order valence-corrected chi connectivity index (χ2v) is 6.62. The van der Waals surface area contributed by atoms with Gasteiger partial charge in [-0.25, -0.2) is 0 Å². The summed E-state index contributed by atoms with van der Waals surface area (Å²) in [6.45, 7) is 1.19. The third-order valence-electron chi connectivity index (χ3n) is 4.56. The predicted octanol–water partition coefficient (Wildman–Crippen LogP) is 2.50. The average Bonchev–Trinajstić information content (AvgIpc) is 3.28. The number of benzene rings is 2. The zero-order valence-corrected chi connectivity index (χ0v) is 17.3. The SMILES string of the molecule is COC(=O)CN(CC(=O)OC)C(=O)c1ccc(-c2nnc(-c3ccccc3C)o2)cc1. The van der Waals surface area contributed by atoms with E-state index in [1.165, 1.54) is 14.2 Å². The van der Waals surface area contributed by atoms with Crippen molar-refractivity contribution in [2.24, 2.45) is 0 Å². The van der Waals surface area contributed by atoms with E-state index >= 15 is 0 Å². The molecule has 1 aromatic heterocycles. The number of hydrogen-bond acceptors (Lipinski definition) is 8. The van der Waals surface area contributed by atoms with E-state index in [2.05, 4.69) is 19.7 Å². The van der Waals surface area contributed by atoms with E-state index in [1.807, 2.05) is 31.2 Å². The first kappa shape index (κ1) is 21.7. The lowest BCUT2D eigenvalue weighted by Gasteiger charge is -2.20. The minimum atomic E-state index is -0.650. The number of esters is 2. The number of rotatable bonds is 7. The highest BCUT2D eigenvalue weighted by Crippen LogP contribution is 2.26. The van der Waals surface area contributed by atoms with Crippen LogP contribution in [0.4, 0.5) is 0 Å². The summed E-state index contributed by atoms with van der Waals surface area (Å²) in [6.07, 6.45) is 0. The summed E-state index contributed by atoms with van der Waals surface area (Å²) < 4.78 is 15.0. The van der Waals surface area contributed by atoms with E-state index in [-0.39, 0.29) is 18.7 Å². The molecular weight excluding hydrogens is 402 g/mol. The smallest absolute Gasteiger partial charge is 0.325 e. The fraction of sp³-hybridized carbons (Fsp3) is 0.227. The Bertz CT molecular complexity index is 1070. The van der Waals surface area contributed by atoms with Crippen LogP contribution in [0.5, 0.6) is 0 Å². The van der Waals surface area contributed by atoms with E-state index in [9.17, 15) is 14.4 Å². The van der Waals surface area contributed by atoms with Gasteiger partial charge in [0.05, 0.1) is 14.2 Å². The van der Waals surface area contributed by atoms with Gasteiger partial charge in [-0.05, 0) is 42.8 Å². The number of hydrogen-bond donors (Lipinski definition) is 0. The largest absolute Gasteiger partial charge is 0.468 e. The summed E-state index contributed by atoms with van der Waals surface area (Å²) in [6, 6.07) is 14.1. The summed E-state index contributed by atoms with van der Waals surface area (Å²) in [4.78, 5) is 37.1. The van der Waals surface area contributed by atoms with Gasteiger partial charge in [0, 0.05) is 16.7 Å². The van der Waals surface area contributed by atoms with Crippen molar-refractivity contribution in [1.82, 2.24) is 15.1 Å². The van der Waals surface area contributed by atoms with Crippen molar-refractivity contribution in [2.75, 3.05) is 27.3 Å². The summed E-state index contributed by atoms with van der Waals surface area (Å²) in [7, 11) is 2.40. The Labute approximate surface area is 178 Å². The van der Waals surface area contributed by atoms with Gasteiger partial charge in [-0.15, -0.1) is 10.2 Å². The minimum absolute atomic E-state index is 0.273. The number of amides is 1. The fourth-order valence-corrected chi connectivity index (χ4v) is 2.84. The van der Waals surface area contributed by atoms with Crippen molar-refractivity contribution in [3.05, 3.63) is 59.7 Å². The number of carbonyl (C=O) groups is 3. The molecule has 0 spiro atoms. The molecule has 0 fully saturated rings. The maximum Gasteiger partial charge on any atom is 0.325 e. The Morgan fingerprint density at radius 2 is 1.45 bits per heavy atom. The number of carbonyl (C=O) groups excluding carboxylic acids is 3. The van der Waals surface area contributed by atoms with E-state index in [4.69, 9.17) is 4.42 Å². The summed E-state index contributed by atoms with van der Waals surface area (Å²) in [5.74, 6) is -1.12. The van der Waals surface area contributed by atoms with Gasteiger partial charge in [-0.3, -0.25) is 14.4 Å². The summed E-state index contributed by atoms with van der Waals surface area (Å²) in [5, 5.41) is 8.18. The number of ether oxygens (including phenoxy) is 2. The van der Waals surface area contributed by atoms with Gasteiger partial charge < -0.3 is 18.8 Å². The molecule has 160 valence electrons. The number of aromatic nitrogens is 2. The Morgan fingerprint density at radius 3 is 2.03 bits per heavy atom. The number of aryl methyl sites for hydroxylation is 1. The van der Waals surface area contributed by atoms with Crippen LogP contribution in [0, 0.1) is 6.92 Å². The van der Waals surface area contributed by atoms with Crippen molar-refractivity contribution in [2.45, 2.75) is 6.92 Å². The predicted molar refractivity (Wildman–Crippen MR) is 110 cm³/mol. The van der Waals surface area contributed by atoms with Crippen LogP contribution < -0.4 is 0 Å². The molecular formula is C22H21N3O6. The molecule has 1 heterocycles. The van der Waals surface area contributed by atoms with Crippen molar-refractivity contribution >= 4 is 17.8 Å². The van der Waals surface area contributed by atoms with Crippen molar-refractivity contribution in [3.8, 4) is 22.9 Å². The first-order valence-electron chi connectivity index (χ1n) is 9.35. The monoisotopic (exact) mass is 423 g/mol. The van der Waals surface area contributed by atoms with Crippen LogP contribution in [0.3, 0.4) is 0 Å². The van der Waals surface area contributed by atoms with Crippen LogP contribution >= 0.6 is 0 Å². The molecule has 0 atom stereocenters.